The highest BCUT2D eigenvalue weighted by Gasteiger charge is 2.27. The maximum absolute atomic E-state index is 12.0. The molecule has 0 aliphatic heterocycles. The zero-order valence-electron chi connectivity index (χ0n) is 12.6. The zero-order chi connectivity index (χ0) is 15.5. The van der Waals surface area contributed by atoms with Crippen LogP contribution in [-0.2, 0) is 11.3 Å². The molecule has 0 saturated carbocycles. The summed E-state index contributed by atoms with van der Waals surface area (Å²) in [7, 11) is 0. The number of nitrogens with zero attached hydrogens (tertiary/aromatic N) is 3. The monoisotopic (exact) mass is 287 g/mol. The third-order valence-electron chi connectivity index (χ3n) is 3.25. The van der Waals surface area contributed by atoms with E-state index in [4.69, 9.17) is 5.73 Å². The van der Waals surface area contributed by atoms with Gasteiger partial charge >= 0.3 is 0 Å². The lowest BCUT2D eigenvalue weighted by Gasteiger charge is -2.25. The first kappa shape index (κ1) is 15.2. The Kier molecular flexibility index (Phi) is 4.37. The minimum absolute atomic E-state index is 0.175. The van der Waals surface area contributed by atoms with Crippen molar-refractivity contribution in [2.24, 2.45) is 11.1 Å². The largest absolute Gasteiger partial charge is 0.325 e. The van der Waals surface area contributed by atoms with E-state index in [1.165, 1.54) is 6.33 Å². The number of nitrogens with two attached hydrogens (primary N) is 1. The second-order valence-corrected chi connectivity index (χ2v) is 6.12. The van der Waals surface area contributed by atoms with Gasteiger partial charge in [-0.2, -0.15) is 5.10 Å². The van der Waals surface area contributed by atoms with E-state index in [1.54, 1.807) is 11.0 Å². The molecule has 0 fully saturated rings. The van der Waals surface area contributed by atoms with Crippen molar-refractivity contribution >= 4 is 11.6 Å². The number of rotatable bonds is 4. The van der Waals surface area contributed by atoms with Crippen LogP contribution in [-0.4, -0.2) is 26.7 Å². The summed E-state index contributed by atoms with van der Waals surface area (Å²) in [5.41, 5.74) is 7.49. The van der Waals surface area contributed by atoms with Crippen molar-refractivity contribution in [3.8, 4) is 0 Å². The molecule has 6 nitrogen and oxygen atoms in total. The van der Waals surface area contributed by atoms with E-state index < -0.39 is 6.04 Å². The first-order valence-electron chi connectivity index (χ1n) is 6.84. The third kappa shape index (κ3) is 4.13. The Bertz CT molecular complexity index is 584. The molecule has 0 unspecified atom stereocenters. The summed E-state index contributed by atoms with van der Waals surface area (Å²) in [5.74, 6) is -0.175. The number of benzene rings is 1. The van der Waals surface area contributed by atoms with Crippen molar-refractivity contribution in [1.82, 2.24) is 14.8 Å². The van der Waals surface area contributed by atoms with Crippen LogP contribution in [0, 0.1) is 5.41 Å². The number of aromatic nitrogens is 3. The lowest BCUT2D eigenvalue weighted by atomic mass is 9.87. The summed E-state index contributed by atoms with van der Waals surface area (Å²) in [5, 5.41) is 6.89. The van der Waals surface area contributed by atoms with Crippen LogP contribution in [0.1, 0.15) is 26.3 Å². The number of nitrogens with one attached hydrogen (secondary N) is 1. The van der Waals surface area contributed by atoms with Crippen LogP contribution in [0.5, 0.6) is 0 Å². The summed E-state index contributed by atoms with van der Waals surface area (Å²) in [6.07, 6.45) is 3.17. The number of carbonyl (C=O) groups is 1. The highest BCUT2D eigenvalue weighted by atomic mass is 16.2. The van der Waals surface area contributed by atoms with E-state index in [-0.39, 0.29) is 11.3 Å². The maximum atomic E-state index is 12.0. The quantitative estimate of drug-likeness (QED) is 0.895. The molecule has 1 heterocycles. The van der Waals surface area contributed by atoms with E-state index in [0.717, 1.165) is 11.3 Å². The number of hydrogen-bond donors (Lipinski definition) is 2. The first-order chi connectivity index (χ1) is 9.86. The first-order valence-corrected chi connectivity index (χ1v) is 6.84. The molecule has 6 heteroatoms. The van der Waals surface area contributed by atoms with E-state index in [2.05, 4.69) is 15.4 Å². The SMILES string of the molecule is CC(C)(C)[C@@H](N)C(=O)Nc1ccc(Cn2cncn2)cc1. The molecule has 2 rings (SSSR count). The standard InChI is InChI=1S/C15H21N5O/c1-15(2,3)13(16)14(21)19-12-6-4-11(5-7-12)8-20-10-17-9-18-20/h4-7,9-10,13H,8,16H2,1-3H3,(H,19,21)/t13-/m0/s1. The molecule has 21 heavy (non-hydrogen) atoms. The summed E-state index contributed by atoms with van der Waals surface area (Å²) < 4.78 is 1.74. The second kappa shape index (κ2) is 6.05. The predicted molar refractivity (Wildman–Crippen MR) is 81.6 cm³/mol. The van der Waals surface area contributed by atoms with Crippen molar-refractivity contribution in [3.63, 3.8) is 0 Å². The molecule has 0 bridgehead atoms. The molecule has 1 amide bonds. The molecular weight excluding hydrogens is 266 g/mol. The van der Waals surface area contributed by atoms with Gasteiger partial charge in [-0.25, -0.2) is 9.67 Å². The minimum atomic E-state index is -0.549. The van der Waals surface area contributed by atoms with Crippen LogP contribution >= 0.6 is 0 Å². The van der Waals surface area contributed by atoms with Gasteiger partial charge in [0.15, 0.2) is 0 Å². The van der Waals surface area contributed by atoms with Crippen molar-refractivity contribution in [2.45, 2.75) is 33.4 Å². The van der Waals surface area contributed by atoms with Gasteiger partial charge in [0.25, 0.3) is 0 Å². The Hall–Kier alpha value is -2.21. The molecule has 112 valence electrons. The molecule has 0 spiro atoms. The van der Waals surface area contributed by atoms with E-state index >= 15 is 0 Å². The molecule has 0 aliphatic rings. The van der Waals surface area contributed by atoms with Gasteiger partial charge in [0.05, 0.1) is 12.6 Å². The topological polar surface area (TPSA) is 85.8 Å². The van der Waals surface area contributed by atoms with Crippen LogP contribution in [0.3, 0.4) is 0 Å². The fourth-order valence-corrected chi connectivity index (χ4v) is 1.81. The fraction of sp³-hybridized carbons (Fsp3) is 0.400. The Morgan fingerprint density at radius 3 is 2.52 bits per heavy atom. The molecule has 1 aromatic carbocycles. The normalized spacial score (nSPS) is 13.0. The lowest BCUT2D eigenvalue weighted by Crippen LogP contribution is -2.45. The molecule has 1 aromatic heterocycles. The third-order valence-corrected chi connectivity index (χ3v) is 3.25. The average Bonchev–Trinajstić information content (AvgIpc) is 2.92. The Labute approximate surface area is 124 Å². The summed E-state index contributed by atoms with van der Waals surface area (Å²) in [6.45, 7) is 6.48. The summed E-state index contributed by atoms with van der Waals surface area (Å²) >= 11 is 0. The number of amides is 1. The molecule has 0 saturated heterocycles. The highest BCUT2D eigenvalue weighted by molar-refractivity contribution is 5.95. The van der Waals surface area contributed by atoms with Gasteiger partial charge in [-0.05, 0) is 23.1 Å². The van der Waals surface area contributed by atoms with Gasteiger partial charge in [0.2, 0.25) is 5.91 Å². The van der Waals surface area contributed by atoms with E-state index in [0.29, 0.717) is 6.54 Å². The zero-order valence-corrected chi connectivity index (χ0v) is 12.6. The molecule has 2 aromatic rings. The molecule has 3 N–H and O–H groups in total. The summed E-state index contributed by atoms with van der Waals surface area (Å²) in [6, 6.07) is 7.06. The van der Waals surface area contributed by atoms with Crippen LogP contribution in [0.15, 0.2) is 36.9 Å². The van der Waals surface area contributed by atoms with Gasteiger partial charge in [-0.1, -0.05) is 32.9 Å². The van der Waals surface area contributed by atoms with Crippen LogP contribution in [0.2, 0.25) is 0 Å². The summed E-state index contributed by atoms with van der Waals surface area (Å²) in [4.78, 5) is 15.9. The maximum Gasteiger partial charge on any atom is 0.241 e. The minimum Gasteiger partial charge on any atom is -0.325 e. The Morgan fingerprint density at radius 2 is 2.00 bits per heavy atom. The molecule has 0 aliphatic carbocycles. The number of anilines is 1. The fourth-order valence-electron chi connectivity index (χ4n) is 1.81. The van der Waals surface area contributed by atoms with Crippen molar-refractivity contribution in [3.05, 3.63) is 42.5 Å². The Balaban J connectivity index is 1.98. The van der Waals surface area contributed by atoms with Gasteiger partial charge < -0.3 is 11.1 Å². The predicted octanol–water partition coefficient (Wildman–Crippen LogP) is 1.64. The highest BCUT2D eigenvalue weighted by Crippen LogP contribution is 2.19. The second-order valence-electron chi connectivity index (χ2n) is 6.12. The average molecular weight is 287 g/mol. The van der Waals surface area contributed by atoms with Gasteiger partial charge in [0.1, 0.15) is 12.7 Å². The van der Waals surface area contributed by atoms with E-state index in [9.17, 15) is 4.79 Å². The van der Waals surface area contributed by atoms with Crippen LogP contribution < -0.4 is 11.1 Å². The van der Waals surface area contributed by atoms with Crippen LogP contribution in [0.4, 0.5) is 5.69 Å². The van der Waals surface area contributed by atoms with Gasteiger partial charge in [-0.3, -0.25) is 4.79 Å². The van der Waals surface area contributed by atoms with Gasteiger partial charge in [0, 0.05) is 5.69 Å². The van der Waals surface area contributed by atoms with E-state index in [1.807, 2.05) is 45.0 Å². The van der Waals surface area contributed by atoms with Gasteiger partial charge in [-0.15, -0.1) is 0 Å². The van der Waals surface area contributed by atoms with Crippen molar-refractivity contribution in [1.29, 1.82) is 0 Å². The Morgan fingerprint density at radius 1 is 1.33 bits per heavy atom. The lowest BCUT2D eigenvalue weighted by molar-refractivity contribution is -0.119. The van der Waals surface area contributed by atoms with Crippen molar-refractivity contribution in [2.75, 3.05) is 5.32 Å². The molecular formula is C15H21N5O. The van der Waals surface area contributed by atoms with Crippen LogP contribution in [0.25, 0.3) is 0 Å². The number of hydrogen-bond acceptors (Lipinski definition) is 4. The number of carbonyl (C=O) groups excluding carboxylic acids is 1. The molecule has 1 atom stereocenters. The molecule has 0 radical (unpaired) electrons. The van der Waals surface area contributed by atoms with Crippen molar-refractivity contribution < 1.29 is 4.79 Å². The smallest absolute Gasteiger partial charge is 0.241 e.